The van der Waals surface area contributed by atoms with Gasteiger partial charge in [0.2, 0.25) is 0 Å². The second-order valence-corrected chi connectivity index (χ2v) is 29.1. The third-order valence-corrected chi connectivity index (χ3v) is 23.2. The number of aliphatic imine (C=N–C) groups is 1. The predicted octanol–water partition coefficient (Wildman–Crippen LogP) is 26.3. The Balaban J connectivity index is 0.874. The minimum atomic E-state index is 0.417. The Morgan fingerprint density at radius 1 is 0.295 bits per heavy atom. The first kappa shape index (κ1) is 61.7. The number of nitrogens with zero attached hydrogens (tertiary/aromatic N) is 9. The Kier molecular flexibility index (Phi) is 13.1. The molecule has 11 nitrogen and oxygen atoms in total. The van der Waals surface area contributed by atoms with Crippen LogP contribution in [0.5, 0.6) is 0 Å². The second-order valence-electron chi connectivity index (χ2n) is 29.1. The molecule has 14 aromatic carbocycles. The maximum absolute atomic E-state index is 13.6. The van der Waals surface area contributed by atoms with Gasteiger partial charge in [-0.25, -0.2) is 0 Å². The molecule has 23 aromatic rings. The van der Waals surface area contributed by atoms with E-state index < -0.39 is 0 Å². The lowest BCUT2D eigenvalue weighted by atomic mass is 9.97. The minimum Gasteiger partial charge on any atom is -0.455 e. The standard InChI is InChI=1S/C101H59N9O2/c102-59-79-95(108-82-40-10-3-31-74(82)93-88(108)44-21-53-104-93)97(106-80-38-8-1-27-68(80)77-57-62(48-50-85(77)106)60-23-17-25-64(55-60)66-34-19-36-72-70-29-6-13-46-90(70)111-100(66)72)99(110-84-42-12-5-33-76(84)92-87(110)43-15-16-52-103-92)98(96(79)109-83-41-11-4-32-75(83)94-89(109)45-22-54-105-94)107-81-39-9-2-28-69(81)78-58-63(49-51-86(78)107)61-24-18-26-65(56-61)67-35-20-37-73-71-30-7-14-47-91(71)112-101(67)73/h1-15,17-58H,16H2. The summed E-state index contributed by atoms with van der Waals surface area (Å²) in [4.78, 5) is 16.0. The normalized spacial score (nSPS) is 12.5. The molecule has 11 heteroatoms. The van der Waals surface area contributed by atoms with Crippen LogP contribution < -0.4 is 0 Å². The van der Waals surface area contributed by atoms with Gasteiger partial charge in [0.05, 0.1) is 101 Å². The first-order chi connectivity index (χ1) is 55.6. The molecule has 112 heavy (non-hydrogen) atoms. The van der Waals surface area contributed by atoms with E-state index in [1.807, 2.05) is 55.0 Å². The molecule has 0 spiro atoms. The highest BCUT2D eigenvalue weighted by atomic mass is 16.3. The highest BCUT2D eigenvalue weighted by molar-refractivity contribution is 6.18. The monoisotopic (exact) mass is 1430 g/mol. The SMILES string of the molecule is N#Cc1c(-n2c3ccccc3c3ncccc32)c(-n2c3ccccc3c3cc(-c4cccc(-c5cccc6c5oc5ccccc56)c4)ccc32)c(-n2c3c(c4ccccc42)N=CCC=C3)c(-n2c3ccccc3c3cc(-c4cccc(-c5cccc6c5oc5ccccc56)c4)ccc32)c1-n1c2ccccc2c2ncccc21. The molecule has 0 unspecified atom stereocenters. The number of fused-ring (bicyclic) bond motifs is 21. The average Bonchev–Trinajstić information content (AvgIpc) is 1.47. The van der Waals surface area contributed by atoms with Crippen molar-refractivity contribution in [3.05, 3.63) is 345 Å². The van der Waals surface area contributed by atoms with Crippen molar-refractivity contribution in [3.8, 4) is 79.0 Å². The number of benzene rings is 14. The molecule has 0 saturated carbocycles. The van der Waals surface area contributed by atoms with Crippen LogP contribution >= 0.6 is 0 Å². The number of hydrogen-bond donors (Lipinski definition) is 0. The lowest BCUT2D eigenvalue weighted by Crippen LogP contribution is -2.19. The van der Waals surface area contributed by atoms with Gasteiger partial charge in [-0.05, 0) is 143 Å². The number of hydrogen-bond acceptors (Lipinski definition) is 6. The molecule has 520 valence electrons. The van der Waals surface area contributed by atoms with Crippen molar-refractivity contribution in [1.82, 2.24) is 32.8 Å². The van der Waals surface area contributed by atoms with Gasteiger partial charge < -0.3 is 31.7 Å². The van der Waals surface area contributed by atoms with E-state index in [9.17, 15) is 5.26 Å². The van der Waals surface area contributed by atoms with Gasteiger partial charge in [-0.2, -0.15) is 5.26 Å². The fourth-order valence-corrected chi connectivity index (χ4v) is 18.5. The van der Waals surface area contributed by atoms with Crippen LogP contribution in [0.1, 0.15) is 17.7 Å². The molecule has 0 radical (unpaired) electrons. The van der Waals surface area contributed by atoms with Gasteiger partial charge in [0.15, 0.2) is 0 Å². The van der Waals surface area contributed by atoms with Crippen molar-refractivity contribution in [3.63, 3.8) is 0 Å². The second kappa shape index (κ2) is 23.8. The van der Waals surface area contributed by atoms with Gasteiger partial charge in [-0.15, -0.1) is 0 Å². The summed E-state index contributed by atoms with van der Waals surface area (Å²) in [6.45, 7) is 0. The zero-order chi connectivity index (χ0) is 73.4. The van der Waals surface area contributed by atoms with Gasteiger partial charge >= 0.3 is 0 Å². The summed E-state index contributed by atoms with van der Waals surface area (Å²) in [6, 6.07) is 116. The van der Waals surface area contributed by atoms with Crippen LogP contribution in [0, 0.1) is 11.3 Å². The van der Waals surface area contributed by atoms with Crippen LogP contribution in [-0.2, 0) is 0 Å². The number of rotatable bonds is 9. The largest absolute Gasteiger partial charge is 0.455 e. The molecule has 10 heterocycles. The number of allylic oxidation sites excluding steroid dienone is 1. The van der Waals surface area contributed by atoms with Gasteiger partial charge in [0, 0.05) is 95.4 Å². The van der Waals surface area contributed by atoms with E-state index >= 15 is 0 Å². The van der Waals surface area contributed by atoms with E-state index in [0.29, 0.717) is 23.4 Å². The Morgan fingerprint density at radius 3 is 1.17 bits per heavy atom. The maximum Gasteiger partial charge on any atom is 0.143 e. The predicted molar refractivity (Wildman–Crippen MR) is 459 cm³/mol. The van der Waals surface area contributed by atoms with Gasteiger partial charge in [0.25, 0.3) is 0 Å². The number of nitriles is 1. The Labute approximate surface area is 638 Å². The van der Waals surface area contributed by atoms with Crippen molar-refractivity contribution < 1.29 is 8.83 Å². The lowest BCUT2D eigenvalue weighted by molar-refractivity contribution is 0.669. The lowest BCUT2D eigenvalue weighted by Gasteiger charge is -2.30. The molecule has 9 aromatic heterocycles. The molecule has 0 atom stereocenters. The molecule has 0 aliphatic carbocycles. The Morgan fingerprint density at radius 2 is 0.670 bits per heavy atom. The van der Waals surface area contributed by atoms with Crippen molar-refractivity contribution >= 4 is 160 Å². The van der Waals surface area contributed by atoms with E-state index in [2.05, 4.69) is 320 Å². The van der Waals surface area contributed by atoms with E-state index in [1.54, 1.807) is 0 Å². The van der Waals surface area contributed by atoms with E-state index in [4.69, 9.17) is 23.8 Å². The quantitative estimate of drug-likeness (QED) is 0.143. The molecule has 24 rings (SSSR count). The number of pyridine rings is 2. The van der Waals surface area contributed by atoms with Crippen LogP contribution in [0.25, 0.3) is 221 Å². The first-order valence-electron chi connectivity index (χ1n) is 37.8. The molecule has 0 fully saturated rings. The molecule has 0 saturated heterocycles. The number of para-hydroxylation sites is 9. The fourth-order valence-electron chi connectivity index (χ4n) is 18.5. The number of aromatic nitrogens is 7. The van der Waals surface area contributed by atoms with Crippen molar-refractivity contribution in [2.24, 2.45) is 4.99 Å². The van der Waals surface area contributed by atoms with Crippen LogP contribution in [-0.4, -0.2) is 39.0 Å². The molecule has 0 amide bonds. The highest BCUT2D eigenvalue weighted by Crippen LogP contribution is 2.54. The molecule has 0 N–H and O–H groups in total. The highest BCUT2D eigenvalue weighted by Gasteiger charge is 2.38. The summed E-state index contributed by atoms with van der Waals surface area (Å²) in [6.07, 6.45) is 10.9. The molecule has 0 bridgehead atoms. The zero-order valence-electron chi connectivity index (χ0n) is 60.0. The van der Waals surface area contributed by atoms with Crippen LogP contribution in [0.2, 0.25) is 0 Å². The van der Waals surface area contributed by atoms with E-state index in [-0.39, 0.29) is 0 Å². The van der Waals surface area contributed by atoms with Gasteiger partial charge in [0.1, 0.15) is 34.0 Å². The zero-order valence-corrected chi connectivity index (χ0v) is 60.0. The summed E-state index contributed by atoms with van der Waals surface area (Å²) in [5.41, 5.74) is 27.2. The summed E-state index contributed by atoms with van der Waals surface area (Å²) in [5, 5.41) is 24.9. The Bertz CT molecular complexity index is 7630. The van der Waals surface area contributed by atoms with Crippen LogP contribution in [0.4, 0.5) is 5.69 Å². The smallest absolute Gasteiger partial charge is 0.143 e. The van der Waals surface area contributed by atoms with Crippen molar-refractivity contribution in [2.75, 3.05) is 0 Å². The summed E-state index contributed by atoms with van der Waals surface area (Å²) >= 11 is 0. The molecule has 1 aliphatic heterocycles. The van der Waals surface area contributed by atoms with Crippen LogP contribution in [0.3, 0.4) is 0 Å². The van der Waals surface area contributed by atoms with Crippen LogP contribution in [0.15, 0.2) is 348 Å². The number of furan rings is 2. The first-order valence-corrected chi connectivity index (χ1v) is 37.8. The van der Waals surface area contributed by atoms with Gasteiger partial charge in [-0.3, -0.25) is 15.0 Å². The summed E-state index contributed by atoms with van der Waals surface area (Å²) in [7, 11) is 0. The topological polar surface area (TPSA) is 113 Å². The van der Waals surface area contributed by atoms with Gasteiger partial charge in [-0.1, -0.05) is 218 Å². The molecular formula is C101H59N9O2. The minimum absolute atomic E-state index is 0.417. The molecular weight excluding hydrogens is 1370 g/mol. The maximum atomic E-state index is 13.6. The summed E-state index contributed by atoms with van der Waals surface area (Å²) < 4.78 is 25.4. The average molecular weight is 1430 g/mol. The van der Waals surface area contributed by atoms with E-state index in [0.717, 1.165) is 215 Å². The third-order valence-electron chi connectivity index (χ3n) is 23.2. The summed E-state index contributed by atoms with van der Waals surface area (Å²) in [5.74, 6) is 0. The Hall–Kier alpha value is -15.4. The third kappa shape index (κ3) is 8.76. The van der Waals surface area contributed by atoms with E-state index in [1.165, 1.54) is 0 Å². The van der Waals surface area contributed by atoms with Crippen molar-refractivity contribution in [2.45, 2.75) is 6.42 Å². The van der Waals surface area contributed by atoms with Crippen molar-refractivity contribution in [1.29, 1.82) is 5.26 Å². The fraction of sp³-hybridized carbons (Fsp3) is 0.00990. The molecule has 1 aliphatic rings.